The molecule has 0 aliphatic heterocycles. The molecular formula is C36H45O6S+. The van der Waals surface area contributed by atoms with Crippen molar-refractivity contribution in [1.29, 1.82) is 0 Å². The van der Waals surface area contributed by atoms with Gasteiger partial charge in [0.1, 0.15) is 16.8 Å². The van der Waals surface area contributed by atoms with Gasteiger partial charge in [-0.2, -0.15) is 0 Å². The average molecular weight is 606 g/mol. The van der Waals surface area contributed by atoms with Crippen LogP contribution < -0.4 is 0 Å². The predicted octanol–water partition coefficient (Wildman–Crippen LogP) is 7.43. The quantitative estimate of drug-likeness (QED) is 0.143. The highest BCUT2D eigenvalue weighted by molar-refractivity contribution is 7.97. The zero-order valence-corrected chi connectivity index (χ0v) is 27.7. The minimum atomic E-state index is -0.533. The molecule has 0 atom stereocenters. The van der Waals surface area contributed by atoms with Gasteiger partial charge in [0.05, 0.1) is 30.2 Å². The van der Waals surface area contributed by atoms with Crippen LogP contribution in [0.4, 0.5) is 0 Å². The standard InChI is InChI=1S/C36H45O6S/c1-34(2,3)40-31(37)22-25-10-16-28(17-11-25)43(29-18-12-26(13-19-29)23-32(38)41-35(4,5)6)30-20-14-27(15-21-30)24-33(39)42-36(7,8)9/h10-21H,22-24H2,1-9H3/q+1. The van der Waals surface area contributed by atoms with E-state index in [0.717, 1.165) is 31.4 Å². The summed E-state index contributed by atoms with van der Waals surface area (Å²) in [5.41, 5.74) is 1.03. The van der Waals surface area contributed by atoms with Gasteiger partial charge in [0, 0.05) is 0 Å². The molecule has 0 amide bonds. The first kappa shape index (κ1) is 33.9. The lowest BCUT2D eigenvalue weighted by Crippen LogP contribution is -2.24. The molecule has 6 nitrogen and oxygen atoms in total. The number of rotatable bonds is 9. The molecule has 0 N–H and O–H groups in total. The molecule has 0 heterocycles. The van der Waals surface area contributed by atoms with Crippen molar-refractivity contribution in [3.05, 3.63) is 89.5 Å². The third kappa shape index (κ3) is 11.9. The van der Waals surface area contributed by atoms with Gasteiger partial charge in [-0.1, -0.05) is 36.4 Å². The van der Waals surface area contributed by atoms with Crippen LogP contribution in [0.15, 0.2) is 87.5 Å². The number of carbonyl (C=O) groups is 3. The summed E-state index contributed by atoms with van der Waals surface area (Å²) in [7, 11) is -0.474. The number of ether oxygens (including phenoxy) is 3. The number of esters is 3. The van der Waals surface area contributed by atoms with E-state index in [4.69, 9.17) is 14.2 Å². The molecule has 7 heteroatoms. The van der Waals surface area contributed by atoms with E-state index in [1.165, 1.54) is 0 Å². The molecule has 0 fully saturated rings. The number of carbonyl (C=O) groups excluding carboxylic acids is 3. The summed E-state index contributed by atoms with van der Waals surface area (Å²) in [6, 6.07) is 24.1. The Labute approximate surface area is 259 Å². The van der Waals surface area contributed by atoms with Gasteiger partial charge in [0.15, 0.2) is 14.7 Å². The predicted molar refractivity (Wildman–Crippen MR) is 170 cm³/mol. The van der Waals surface area contributed by atoms with Gasteiger partial charge in [-0.05, 0) is 115 Å². The van der Waals surface area contributed by atoms with Crippen LogP contribution in [-0.2, 0) is 58.8 Å². The molecule has 0 saturated carbocycles. The van der Waals surface area contributed by atoms with E-state index in [2.05, 4.69) is 0 Å². The summed E-state index contributed by atoms with van der Waals surface area (Å²) in [5.74, 6) is -0.791. The lowest BCUT2D eigenvalue weighted by atomic mass is 10.1. The van der Waals surface area contributed by atoms with Gasteiger partial charge in [-0.15, -0.1) is 0 Å². The Morgan fingerprint density at radius 3 is 0.837 bits per heavy atom. The fourth-order valence-corrected chi connectivity index (χ4v) is 6.31. The number of hydrogen-bond donors (Lipinski definition) is 0. The molecular weight excluding hydrogens is 560 g/mol. The molecule has 0 unspecified atom stereocenters. The van der Waals surface area contributed by atoms with Crippen LogP contribution >= 0.6 is 0 Å². The van der Waals surface area contributed by atoms with Crippen LogP contribution in [0.5, 0.6) is 0 Å². The van der Waals surface area contributed by atoms with Crippen LogP contribution in [0.3, 0.4) is 0 Å². The van der Waals surface area contributed by atoms with Crippen LogP contribution in [-0.4, -0.2) is 34.7 Å². The van der Waals surface area contributed by atoms with Gasteiger partial charge in [0.2, 0.25) is 0 Å². The SMILES string of the molecule is CC(C)(C)OC(=O)Cc1ccc([S+](c2ccc(CC(=O)OC(C)(C)C)cc2)c2ccc(CC(=O)OC(C)(C)C)cc2)cc1. The number of hydrogen-bond acceptors (Lipinski definition) is 6. The third-order valence-electron chi connectivity index (χ3n) is 5.78. The summed E-state index contributed by atoms with van der Waals surface area (Å²) in [6.07, 6.45) is 0.595. The van der Waals surface area contributed by atoms with Gasteiger partial charge >= 0.3 is 17.9 Å². The Bertz CT molecular complexity index is 1210. The largest absolute Gasteiger partial charge is 0.460 e. The van der Waals surface area contributed by atoms with Crippen molar-refractivity contribution in [3.8, 4) is 0 Å². The second-order valence-electron chi connectivity index (χ2n) is 13.5. The first-order valence-electron chi connectivity index (χ1n) is 14.5. The molecule has 0 spiro atoms. The van der Waals surface area contributed by atoms with Crippen LogP contribution in [0.1, 0.15) is 79.0 Å². The summed E-state index contributed by atoms with van der Waals surface area (Å²) >= 11 is 0. The lowest BCUT2D eigenvalue weighted by molar-refractivity contribution is -0.155. The fourth-order valence-electron chi connectivity index (χ4n) is 4.27. The smallest absolute Gasteiger partial charge is 0.310 e. The van der Waals surface area contributed by atoms with E-state index in [1.807, 2.05) is 135 Å². The second kappa shape index (κ2) is 13.8. The topological polar surface area (TPSA) is 78.9 Å². The summed E-state index contributed by atoms with van der Waals surface area (Å²) < 4.78 is 16.5. The zero-order valence-electron chi connectivity index (χ0n) is 26.9. The van der Waals surface area contributed by atoms with Gasteiger partial charge in [0.25, 0.3) is 0 Å². The van der Waals surface area contributed by atoms with E-state index in [9.17, 15) is 14.4 Å². The highest BCUT2D eigenvalue weighted by atomic mass is 32.2. The zero-order chi connectivity index (χ0) is 32.0. The summed E-state index contributed by atoms with van der Waals surface area (Å²) in [6.45, 7) is 16.7. The van der Waals surface area contributed by atoms with E-state index < -0.39 is 27.7 Å². The van der Waals surface area contributed by atoms with Crippen molar-refractivity contribution in [2.24, 2.45) is 0 Å². The lowest BCUT2D eigenvalue weighted by Gasteiger charge is -2.19. The maximum atomic E-state index is 12.4. The minimum absolute atomic E-state index is 0.198. The van der Waals surface area contributed by atoms with Gasteiger partial charge in [-0.3, -0.25) is 14.4 Å². The Hall–Kier alpha value is -3.58. The molecule has 3 aromatic rings. The highest BCUT2D eigenvalue weighted by Gasteiger charge is 2.29. The minimum Gasteiger partial charge on any atom is -0.460 e. The molecule has 43 heavy (non-hydrogen) atoms. The van der Waals surface area contributed by atoms with E-state index >= 15 is 0 Å². The van der Waals surface area contributed by atoms with E-state index in [0.29, 0.717) is 0 Å². The molecule has 0 saturated heterocycles. The van der Waals surface area contributed by atoms with Gasteiger partial charge in [-0.25, -0.2) is 0 Å². The van der Waals surface area contributed by atoms with E-state index in [-0.39, 0.29) is 37.2 Å². The molecule has 3 rings (SSSR count). The molecule has 0 aliphatic carbocycles. The second-order valence-corrected chi connectivity index (χ2v) is 15.6. The Balaban J connectivity index is 1.88. The third-order valence-corrected chi connectivity index (χ3v) is 8.01. The van der Waals surface area contributed by atoms with Crippen molar-refractivity contribution in [2.75, 3.05) is 0 Å². The first-order valence-corrected chi connectivity index (χ1v) is 15.8. The Morgan fingerprint density at radius 1 is 0.442 bits per heavy atom. The average Bonchev–Trinajstić information content (AvgIpc) is 2.84. The first-order chi connectivity index (χ1) is 19.9. The summed E-state index contributed by atoms with van der Waals surface area (Å²) in [4.78, 5) is 40.3. The molecule has 0 radical (unpaired) electrons. The van der Waals surface area contributed by atoms with E-state index in [1.54, 1.807) is 0 Å². The molecule has 3 aromatic carbocycles. The van der Waals surface area contributed by atoms with Crippen LogP contribution in [0.25, 0.3) is 0 Å². The van der Waals surface area contributed by atoms with Crippen molar-refractivity contribution >= 4 is 28.8 Å². The Kier molecular flexibility index (Phi) is 10.9. The van der Waals surface area contributed by atoms with Crippen LogP contribution in [0.2, 0.25) is 0 Å². The van der Waals surface area contributed by atoms with Crippen molar-refractivity contribution in [1.82, 2.24) is 0 Å². The van der Waals surface area contributed by atoms with Crippen molar-refractivity contribution in [2.45, 2.75) is 113 Å². The number of benzene rings is 3. The fraction of sp³-hybridized carbons (Fsp3) is 0.417. The van der Waals surface area contributed by atoms with Crippen molar-refractivity contribution in [3.63, 3.8) is 0 Å². The monoisotopic (exact) mass is 605 g/mol. The maximum Gasteiger partial charge on any atom is 0.310 e. The highest BCUT2D eigenvalue weighted by Crippen LogP contribution is 2.32. The molecule has 230 valence electrons. The Morgan fingerprint density at radius 2 is 0.651 bits per heavy atom. The maximum absolute atomic E-state index is 12.4. The normalized spacial score (nSPS) is 12.1. The van der Waals surface area contributed by atoms with Crippen molar-refractivity contribution < 1.29 is 28.6 Å². The molecule has 0 aliphatic rings. The molecule has 0 bridgehead atoms. The summed E-state index contributed by atoms with van der Waals surface area (Å²) in [5, 5.41) is 0. The molecule has 0 aromatic heterocycles. The van der Waals surface area contributed by atoms with Crippen LogP contribution in [0, 0.1) is 0 Å². The van der Waals surface area contributed by atoms with Gasteiger partial charge < -0.3 is 14.2 Å².